The smallest absolute Gasteiger partial charge is 0.250 e. The third kappa shape index (κ3) is 6.39. The molecule has 2 aromatic carbocycles. The SMILES string of the molecule is O=C(COCCOc1ccccc1)Nc1ccc(SC2CCCC2)cc1. The zero-order valence-electron chi connectivity index (χ0n) is 14.9. The summed E-state index contributed by atoms with van der Waals surface area (Å²) in [5.74, 6) is 0.650. The van der Waals surface area contributed by atoms with Gasteiger partial charge in [-0.3, -0.25) is 4.79 Å². The first-order valence-corrected chi connectivity index (χ1v) is 10.00. The van der Waals surface area contributed by atoms with Gasteiger partial charge < -0.3 is 14.8 Å². The van der Waals surface area contributed by atoms with Crippen molar-refractivity contribution in [2.45, 2.75) is 35.8 Å². The van der Waals surface area contributed by atoms with Crippen molar-refractivity contribution in [3.8, 4) is 5.75 Å². The van der Waals surface area contributed by atoms with Crippen LogP contribution in [0.3, 0.4) is 0 Å². The van der Waals surface area contributed by atoms with Gasteiger partial charge in [-0.25, -0.2) is 0 Å². The number of ether oxygens (including phenoxy) is 2. The second kappa shape index (κ2) is 10.2. The molecule has 26 heavy (non-hydrogen) atoms. The third-order valence-electron chi connectivity index (χ3n) is 4.22. The number of para-hydroxylation sites is 1. The van der Waals surface area contributed by atoms with E-state index in [1.165, 1.54) is 30.6 Å². The van der Waals surface area contributed by atoms with Crippen LogP contribution in [0.4, 0.5) is 5.69 Å². The first kappa shape index (κ1) is 18.8. The van der Waals surface area contributed by atoms with Crippen molar-refractivity contribution >= 4 is 23.4 Å². The zero-order chi connectivity index (χ0) is 18.0. The van der Waals surface area contributed by atoms with E-state index >= 15 is 0 Å². The van der Waals surface area contributed by atoms with Gasteiger partial charge in [0, 0.05) is 15.8 Å². The summed E-state index contributed by atoms with van der Waals surface area (Å²) in [5, 5.41) is 3.61. The number of thioether (sulfide) groups is 1. The van der Waals surface area contributed by atoms with Gasteiger partial charge in [0.1, 0.15) is 19.0 Å². The molecule has 0 aliphatic heterocycles. The summed E-state index contributed by atoms with van der Waals surface area (Å²) >= 11 is 1.94. The zero-order valence-corrected chi connectivity index (χ0v) is 15.7. The Morgan fingerprint density at radius 1 is 1.00 bits per heavy atom. The van der Waals surface area contributed by atoms with E-state index < -0.39 is 0 Å². The molecule has 5 heteroatoms. The Hall–Kier alpha value is -1.98. The molecule has 0 spiro atoms. The molecule has 1 aliphatic carbocycles. The summed E-state index contributed by atoms with van der Waals surface area (Å²) in [7, 11) is 0. The fraction of sp³-hybridized carbons (Fsp3) is 0.381. The fourth-order valence-corrected chi connectivity index (χ4v) is 4.16. The first-order chi connectivity index (χ1) is 12.8. The van der Waals surface area contributed by atoms with Crippen molar-refractivity contribution in [1.82, 2.24) is 0 Å². The van der Waals surface area contributed by atoms with E-state index in [4.69, 9.17) is 9.47 Å². The Kier molecular flexibility index (Phi) is 7.40. The van der Waals surface area contributed by atoms with Crippen LogP contribution in [-0.4, -0.2) is 31.0 Å². The second-order valence-corrected chi connectivity index (χ2v) is 7.68. The maximum atomic E-state index is 11.9. The van der Waals surface area contributed by atoms with Crippen LogP contribution in [-0.2, 0) is 9.53 Å². The number of carbonyl (C=O) groups is 1. The van der Waals surface area contributed by atoms with Gasteiger partial charge in [0.2, 0.25) is 5.91 Å². The predicted molar refractivity (Wildman–Crippen MR) is 106 cm³/mol. The minimum Gasteiger partial charge on any atom is -0.491 e. The van der Waals surface area contributed by atoms with E-state index in [0.29, 0.717) is 13.2 Å². The molecule has 4 nitrogen and oxygen atoms in total. The molecule has 0 radical (unpaired) electrons. The molecular formula is C21H25NO3S. The molecule has 0 aromatic heterocycles. The Morgan fingerprint density at radius 2 is 1.73 bits per heavy atom. The number of hydrogen-bond donors (Lipinski definition) is 1. The molecule has 1 N–H and O–H groups in total. The van der Waals surface area contributed by atoms with E-state index in [-0.39, 0.29) is 12.5 Å². The average molecular weight is 372 g/mol. The lowest BCUT2D eigenvalue weighted by atomic mass is 10.3. The van der Waals surface area contributed by atoms with Gasteiger partial charge in [-0.15, -0.1) is 11.8 Å². The number of anilines is 1. The van der Waals surface area contributed by atoms with E-state index in [1.54, 1.807) is 0 Å². The monoisotopic (exact) mass is 371 g/mol. The first-order valence-electron chi connectivity index (χ1n) is 9.12. The highest BCUT2D eigenvalue weighted by atomic mass is 32.2. The number of hydrogen-bond acceptors (Lipinski definition) is 4. The highest BCUT2D eigenvalue weighted by molar-refractivity contribution is 8.00. The molecule has 1 amide bonds. The Morgan fingerprint density at radius 3 is 2.46 bits per heavy atom. The lowest BCUT2D eigenvalue weighted by molar-refractivity contribution is -0.120. The van der Waals surface area contributed by atoms with Gasteiger partial charge in [-0.1, -0.05) is 31.0 Å². The van der Waals surface area contributed by atoms with Crippen LogP contribution in [0, 0.1) is 0 Å². The lowest BCUT2D eigenvalue weighted by Crippen LogP contribution is -2.20. The van der Waals surface area contributed by atoms with Gasteiger partial charge in [0.15, 0.2) is 0 Å². The van der Waals surface area contributed by atoms with Gasteiger partial charge in [0.05, 0.1) is 6.61 Å². The van der Waals surface area contributed by atoms with Crippen molar-refractivity contribution in [2.75, 3.05) is 25.1 Å². The quantitative estimate of drug-likeness (QED) is 0.646. The molecule has 3 rings (SSSR count). The number of benzene rings is 2. The lowest BCUT2D eigenvalue weighted by Gasteiger charge is -2.10. The topological polar surface area (TPSA) is 47.6 Å². The van der Waals surface area contributed by atoms with Crippen molar-refractivity contribution in [3.05, 3.63) is 54.6 Å². The molecule has 1 saturated carbocycles. The fourth-order valence-electron chi connectivity index (χ4n) is 2.91. The van der Waals surface area contributed by atoms with Crippen LogP contribution in [0.15, 0.2) is 59.5 Å². The molecule has 0 atom stereocenters. The minimum absolute atomic E-state index is 0.0245. The standard InChI is InChI=1S/C21H25NO3S/c23-21(16-24-14-15-25-18-6-2-1-3-7-18)22-17-10-12-20(13-11-17)26-19-8-4-5-9-19/h1-3,6-7,10-13,19H,4-5,8-9,14-16H2,(H,22,23). The van der Waals surface area contributed by atoms with Crippen LogP contribution in [0.25, 0.3) is 0 Å². The summed E-state index contributed by atoms with van der Waals surface area (Å²) in [6.07, 6.45) is 5.33. The molecule has 138 valence electrons. The van der Waals surface area contributed by atoms with Gasteiger partial charge in [0.25, 0.3) is 0 Å². The van der Waals surface area contributed by atoms with Gasteiger partial charge in [-0.05, 0) is 49.2 Å². The van der Waals surface area contributed by atoms with Crippen molar-refractivity contribution in [2.24, 2.45) is 0 Å². The molecule has 2 aromatic rings. The summed E-state index contributed by atoms with van der Waals surface area (Å²) < 4.78 is 10.9. The van der Waals surface area contributed by atoms with E-state index in [9.17, 15) is 4.79 Å². The molecule has 0 bridgehead atoms. The minimum atomic E-state index is -0.152. The van der Waals surface area contributed by atoms with Crippen LogP contribution < -0.4 is 10.1 Å². The normalized spacial score (nSPS) is 14.3. The summed E-state index contributed by atoms with van der Waals surface area (Å²) in [5.41, 5.74) is 0.801. The molecule has 1 fully saturated rings. The van der Waals surface area contributed by atoms with E-state index in [1.807, 2.05) is 54.2 Å². The number of amides is 1. The number of carbonyl (C=O) groups excluding carboxylic acids is 1. The highest BCUT2D eigenvalue weighted by Gasteiger charge is 2.15. The van der Waals surface area contributed by atoms with Crippen LogP contribution in [0.5, 0.6) is 5.75 Å². The molecule has 0 heterocycles. The highest BCUT2D eigenvalue weighted by Crippen LogP contribution is 2.34. The van der Waals surface area contributed by atoms with Gasteiger partial charge in [-0.2, -0.15) is 0 Å². The maximum absolute atomic E-state index is 11.9. The molecule has 1 aliphatic rings. The van der Waals surface area contributed by atoms with Crippen LogP contribution >= 0.6 is 11.8 Å². The van der Waals surface area contributed by atoms with E-state index in [2.05, 4.69) is 17.4 Å². The number of rotatable bonds is 9. The van der Waals surface area contributed by atoms with Crippen molar-refractivity contribution < 1.29 is 14.3 Å². The molecular weight excluding hydrogens is 346 g/mol. The summed E-state index contributed by atoms with van der Waals surface area (Å²) in [6.45, 7) is 0.820. The Labute approximate surface area is 159 Å². The predicted octanol–water partition coefficient (Wildman–Crippen LogP) is 4.76. The van der Waals surface area contributed by atoms with Crippen molar-refractivity contribution in [1.29, 1.82) is 0 Å². The Bertz CT molecular complexity index is 669. The second-order valence-electron chi connectivity index (χ2n) is 6.31. The molecule has 0 unspecified atom stereocenters. The largest absolute Gasteiger partial charge is 0.491 e. The van der Waals surface area contributed by atoms with Crippen LogP contribution in [0.2, 0.25) is 0 Å². The molecule has 0 saturated heterocycles. The average Bonchev–Trinajstić information content (AvgIpc) is 3.17. The maximum Gasteiger partial charge on any atom is 0.250 e. The summed E-state index contributed by atoms with van der Waals surface area (Å²) in [4.78, 5) is 13.2. The Balaban J connectivity index is 1.31. The number of nitrogens with one attached hydrogen (secondary N) is 1. The van der Waals surface area contributed by atoms with E-state index in [0.717, 1.165) is 16.7 Å². The van der Waals surface area contributed by atoms with Crippen LogP contribution in [0.1, 0.15) is 25.7 Å². The van der Waals surface area contributed by atoms with Crippen molar-refractivity contribution in [3.63, 3.8) is 0 Å². The third-order valence-corrected chi connectivity index (χ3v) is 5.56. The summed E-state index contributed by atoms with van der Waals surface area (Å²) in [6, 6.07) is 17.6. The van der Waals surface area contributed by atoms with Gasteiger partial charge >= 0.3 is 0 Å².